The van der Waals surface area contributed by atoms with Gasteiger partial charge in [0.05, 0.1) is 0 Å². The van der Waals surface area contributed by atoms with Crippen molar-refractivity contribution in [2.75, 3.05) is 13.2 Å². The van der Waals surface area contributed by atoms with E-state index in [-0.39, 0.29) is 44.0 Å². The summed E-state index contributed by atoms with van der Waals surface area (Å²) in [5.74, 6) is -1.02. The van der Waals surface area contributed by atoms with Crippen LogP contribution in [0.2, 0.25) is 0 Å². The van der Waals surface area contributed by atoms with Crippen LogP contribution in [0.25, 0.3) is 0 Å². The topological polar surface area (TPSA) is 78.9 Å². The van der Waals surface area contributed by atoms with Crippen LogP contribution in [-0.2, 0) is 28.6 Å². The fourth-order valence-electron chi connectivity index (χ4n) is 9.90. The first kappa shape index (κ1) is 78.1. The molecular weight excluding hydrogens is 1010 g/mol. The minimum absolute atomic E-state index is 0.113. The molecule has 0 spiro atoms. The van der Waals surface area contributed by atoms with Gasteiger partial charge in [-0.2, -0.15) is 0 Å². The highest BCUT2D eigenvalue weighted by Crippen LogP contribution is 2.18. The van der Waals surface area contributed by atoms with Gasteiger partial charge in [0.25, 0.3) is 0 Å². The predicted molar refractivity (Wildman–Crippen MR) is 357 cm³/mol. The molecule has 0 aliphatic heterocycles. The molecule has 0 radical (unpaired) electrons. The van der Waals surface area contributed by atoms with Crippen LogP contribution in [0, 0.1) is 0 Å². The van der Waals surface area contributed by atoms with Crippen molar-refractivity contribution in [3.8, 4) is 0 Å². The summed E-state index contributed by atoms with van der Waals surface area (Å²) in [6.45, 7) is 6.35. The van der Waals surface area contributed by atoms with Gasteiger partial charge < -0.3 is 14.2 Å². The van der Waals surface area contributed by atoms with Gasteiger partial charge in [0, 0.05) is 19.3 Å². The van der Waals surface area contributed by atoms with Crippen molar-refractivity contribution in [3.05, 3.63) is 109 Å². The number of unbranched alkanes of at least 4 members (excludes halogenated alkanes) is 34. The molecule has 0 aromatic carbocycles. The Hall–Kier alpha value is -3.93. The van der Waals surface area contributed by atoms with E-state index >= 15 is 0 Å². The largest absolute Gasteiger partial charge is 0.462 e. The number of esters is 3. The Bertz CT molecular complexity index is 1640. The number of hydrogen-bond acceptors (Lipinski definition) is 6. The number of carbonyl (C=O) groups is 3. The zero-order chi connectivity index (χ0) is 59.2. The van der Waals surface area contributed by atoms with Gasteiger partial charge in [-0.1, -0.05) is 336 Å². The highest BCUT2D eigenvalue weighted by Gasteiger charge is 2.19. The molecule has 6 heteroatoms. The van der Waals surface area contributed by atoms with E-state index in [9.17, 15) is 14.4 Å². The third kappa shape index (κ3) is 66.9. The molecule has 1 atom stereocenters. The molecule has 82 heavy (non-hydrogen) atoms. The van der Waals surface area contributed by atoms with E-state index in [2.05, 4.69) is 124 Å². The van der Waals surface area contributed by atoms with Crippen LogP contribution in [0.5, 0.6) is 0 Å². The van der Waals surface area contributed by atoms with Crippen LogP contribution in [0.15, 0.2) is 109 Å². The Morgan fingerprint density at radius 3 is 0.817 bits per heavy atom. The molecule has 0 aliphatic rings. The fourth-order valence-corrected chi connectivity index (χ4v) is 9.90. The average molecular weight is 1140 g/mol. The molecule has 0 saturated heterocycles. The molecular formula is C76H130O6. The molecule has 0 rings (SSSR count). The zero-order valence-electron chi connectivity index (χ0n) is 54.0. The van der Waals surface area contributed by atoms with Gasteiger partial charge in [-0.05, 0) is 89.9 Å². The van der Waals surface area contributed by atoms with Gasteiger partial charge in [-0.25, -0.2) is 0 Å². The lowest BCUT2D eigenvalue weighted by Gasteiger charge is -2.18. The summed E-state index contributed by atoms with van der Waals surface area (Å²) in [5, 5.41) is 0. The van der Waals surface area contributed by atoms with Crippen molar-refractivity contribution in [3.63, 3.8) is 0 Å². The maximum absolute atomic E-state index is 12.9. The summed E-state index contributed by atoms with van der Waals surface area (Å²) in [4.78, 5) is 38.3. The van der Waals surface area contributed by atoms with Gasteiger partial charge in [0.2, 0.25) is 0 Å². The second-order valence-electron chi connectivity index (χ2n) is 23.0. The summed E-state index contributed by atoms with van der Waals surface area (Å²) in [6, 6.07) is 0. The van der Waals surface area contributed by atoms with E-state index in [1.54, 1.807) is 0 Å². The zero-order valence-corrected chi connectivity index (χ0v) is 54.0. The van der Waals surface area contributed by atoms with E-state index in [0.717, 1.165) is 96.3 Å². The molecule has 1 unspecified atom stereocenters. The van der Waals surface area contributed by atoms with Crippen molar-refractivity contribution in [1.82, 2.24) is 0 Å². The fraction of sp³-hybridized carbons (Fsp3) is 0.724. The lowest BCUT2D eigenvalue weighted by atomic mass is 10.0. The summed E-state index contributed by atoms with van der Waals surface area (Å²) in [7, 11) is 0. The van der Waals surface area contributed by atoms with Crippen molar-refractivity contribution in [2.45, 2.75) is 341 Å². The van der Waals surface area contributed by atoms with Crippen LogP contribution >= 0.6 is 0 Å². The highest BCUT2D eigenvalue weighted by molar-refractivity contribution is 5.71. The van der Waals surface area contributed by atoms with Crippen molar-refractivity contribution < 1.29 is 28.6 Å². The Kier molecular flexibility index (Phi) is 66.2. The second-order valence-corrected chi connectivity index (χ2v) is 23.0. The summed E-state index contributed by atoms with van der Waals surface area (Å²) < 4.78 is 16.8. The highest BCUT2D eigenvalue weighted by atomic mass is 16.6. The summed E-state index contributed by atoms with van der Waals surface area (Å²) >= 11 is 0. The monoisotopic (exact) mass is 1140 g/mol. The number of carbonyl (C=O) groups excluding carboxylic acids is 3. The minimum atomic E-state index is -0.827. The maximum atomic E-state index is 12.9. The Morgan fingerprint density at radius 2 is 0.500 bits per heavy atom. The summed E-state index contributed by atoms with van der Waals surface area (Å²) in [6.07, 6.45) is 95.9. The third-order valence-electron chi connectivity index (χ3n) is 15.0. The maximum Gasteiger partial charge on any atom is 0.306 e. The number of allylic oxidation sites excluding steroid dienone is 18. The van der Waals surface area contributed by atoms with Crippen molar-refractivity contribution in [1.29, 1.82) is 0 Å². The van der Waals surface area contributed by atoms with Crippen LogP contribution in [-0.4, -0.2) is 37.2 Å². The van der Waals surface area contributed by atoms with Crippen molar-refractivity contribution >= 4 is 17.9 Å². The average Bonchev–Trinajstić information content (AvgIpc) is 3.47. The van der Waals surface area contributed by atoms with Crippen molar-refractivity contribution in [2.24, 2.45) is 0 Å². The van der Waals surface area contributed by atoms with E-state index in [1.165, 1.54) is 186 Å². The lowest BCUT2D eigenvalue weighted by molar-refractivity contribution is -0.166. The molecule has 0 aromatic heterocycles. The summed E-state index contributed by atoms with van der Waals surface area (Å²) in [5.41, 5.74) is 0. The Balaban J connectivity index is 4.23. The molecule has 0 amide bonds. The first-order valence-corrected chi connectivity index (χ1v) is 34.9. The SMILES string of the molecule is CC/C=C\C/C=C\C/C=C\C/C=C\C/C=C\CCCCCC(=O)OC(COC(=O)CC/C=C\C/C=C\C/C=C\C/C=C\CC)COC(=O)CCCCCCCCCCCCCCCCCCCCCCCCCCCCCCCCCC. The second kappa shape index (κ2) is 69.6. The molecule has 0 fully saturated rings. The minimum Gasteiger partial charge on any atom is -0.462 e. The third-order valence-corrected chi connectivity index (χ3v) is 15.0. The molecule has 470 valence electrons. The van der Waals surface area contributed by atoms with Gasteiger partial charge in [0.1, 0.15) is 13.2 Å². The molecule has 0 heterocycles. The van der Waals surface area contributed by atoms with E-state index in [0.29, 0.717) is 19.3 Å². The number of hydrogen-bond donors (Lipinski definition) is 0. The van der Waals surface area contributed by atoms with Gasteiger partial charge in [-0.3, -0.25) is 14.4 Å². The molecule has 0 bridgehead atoms. The van der Waals surface area contributed by atoms with Gasteiger partial charge in [-0.15, -0.1) is 0 Å². The molecule has 0 N–H and O–H groups in total. The first-order valence-electron chi connectivity index (χ1n) is 34.9. The Labute approximate surface area is 508 Å². The van der Waals surface area contributed by atoms with Crippen LogP contribution in [0.1, 0.15) is 335 Å². The number of rotatable bonds is 63. The molecule has 0 saturated carbocycles. The van der Waals surface area contributed by atoms with Crippen LogP contribution < -0.4 is 0 Å². The molecule has 0 aliphatic carbocycles. The quantitative estimate of drug-likeness (QED) is 0.0261. The van der Waals surface area contributed by atoms with E-state index < -0.39 is 6.10 Å². The first-order chi connectivity index (χ1) is 40.5. The number of ether oxygens (including phenoxy) is 3. The van der Waals surface area contributed by atoms with E-state index in [1.807, 2.05) is 6.08 Å². The Morgan fingerprint density at radius 1 is 0.256 bits per heavy atom. The molecule has 6 nitrogen and oxygen atoms in total. The molecule has 0 aromatic rings. The normalized spacial score (nSPS) is 12.8. The van der Waals surface area contributed by atoms with Crippen LogP contribution in [0.4, 0.5) is 0 Å². The van der Waals surface area contributed by atoms with Crippen LogP contribution in [0.3, 0.4) is 0 Å². The van der Waals surface area contributed by atoms with Gasteiger partial charge >= 0.3 is 17.9 Å². The lowest BCUT2D eigenvalue weighted by Crippen LogP contribution is -2.30. The standard InChI is InChI=1S/C76H130O6/c1-4-7-10-13-16-19-22-25-27-29-31-32-33-34-35-36-37-38-39-40-41-42-43-45-46-48-51-54-57-60-63-66-69-75(78)81-72-73(71-80-74(77)68-65-62-59-56-53-50-24-21-18-15-12-9-6-3)82-76(79)70-67-64-61-58-55-52-49-47-44-30-28-26-23-20-17-14-11-8-5-2/h8-9,11-12,17-18,20-21,26,28,44,47,50,52-53,55,59,62,73H,4-7,10,13-16,19,22-25,27,29-43,45-46,48-49,51,54,56-58,60-61,63-72H2,1-3H3/b11-8-,12-9-,20-17-,21-18-,28-26-,47-44-,53-50-,55-52-,62-59-. The smallest absolute Gasteiger partial charge is 0.306 e. The predicted octanol–water partition coefficient (Wildman–Crippen LogP) is 24.2. The van der Waals surface area contributed by atoms with Gasteiger partial charge in [0.15, 0.2) is 6.10 Å². The van der Waals surface area contributed by atoms with E-state index in [4.69, 9.17) is 14.2 Å².